The van der Waals surface area contributed by atoms with Crippen molar-refractivity contribution < 1.29 is 28.0 Å². The molecule has 1 aliphatic heterocycles. The minimum atomic E-state index is -5.08. The third kappa shape index (κ3) is 5.70. The molecule has 3 aromatic rings. The molecule has 4 rings (SSSR count). The number of nitrogens with zero attached hydrogens (tertiary/aromatic N) is 3. The van der Waals surface area contributed by atoms with Gasteiger partial charge in [0.2, 0.25) is 0 Å². The smallest absolute Gasteiger partial charge is 0.475 e. The van der Waals surface area contributed by atoms with E-state index in [0.29, 0.717) is 0 Å². The van der Waals surface area contributed by atoms with Crippen molar-refractivity contribution in [3.05, 3.63) is 64.3 Å². The Hall–Kier alpha value is -3.40. The van der Waals surface area contributed by atoms with Gasteiger partial charge >= 0.3 is 12.1 Å². The molecule has 0 unspecified atom stereocenters. The number of hydrogen-bond acceptors (Lipinski definition) is 4. The van der Waals surface area contributed by atoms with Crippen LogP contribution in [0.1, 0.15) is 25.0 Å². The molecule has 0 spiro atoms. The first kappa shape index (κ1) is 24.2. The van der Waals surface area contributed by atoms with Gasteiger partial charge in [0.1, 0.15) is 0 Å². The van der Waals surface area contributed by atoms with E-state index < -0.39 is 12.1 Å². The van der Waals surface area contributed by atoms with Gasteiger partial charge in [0.15, 0.2) is 0 Å². The summed E-state index contributed by atoms with van der Waals surface area (Å²) < 4.78 is 33.9. The first-order chi connectivity index (χ1) is 15.6. The average Bonchev–Trinajstić information content (AvgIpc) is 3.05. The summed E-state index contributed by atoms with van der Waals surface area (Å²) in [5.74, 6) is -2.76. The number of nitro groups is 1. The first-order valence-electron chi connectivity index (χ1n) is 10.4. The van der Waals surface area contributed by atoms with E-state index in [0.717, 1.165) is 41.7 Å². The van der Waals surface area contributed by atoms with E-state index in [2.05, 4.69) is 28.6 Å². The molecule has 7 nitrogen and oxygen atoms in total. The lowest BCUT2D eigenvalue weighted by Crippen LogP contribution is -2.30. The summed E-state index contributed by atoms with van der Waals surface area (Å²) in [6.07, 6.45) is -1.28. The maximum atomic E-state index is 11.3. The quantitative estimate of drug-likeness (QED) is 0.415. The van der Waals surface area contributed by atoms with Gasteiger partial charge < -0.3 is 9.67 Å². The zero-order valence-electron chi connectivity index (χ0n) is 18.0. The highest BCUT2D eigenvalue weighted by molar-refractivity contribution is 5.99. The number of rotatable bonds is 4. The lowest BCUT2D eigenvalue weighted by Gasteiger charge is -2.27. The number of carboxylic acids is 1. The Kier molecular flexibility index (Phi) is 7.37. The van der Waals surface area contributed by atoms with Crippen LogP contribution in [0.3, 0.4) is 0 Å². The Bertz CT molecular complexity index is 1140. The SMILES string of the molecule is Cn1c(CN2CCCCC2)c(-c2ccccc2)c2cc([N+](=O)[O-])ccc21.O=C(O)C(F)(F)F. The molecule has 1 aliphatic rings. The van der Waals surface area contributed by atoms with Crippen LogP contribution >= 0.6 is 0 Å². The number of halogens is 3. The van der Waals surface area contributed by atoms with Gasteiger partial charge in [-0.1, -0.05) is 36.8 Å². The van der Waals surface area contributed by atoms with Crippen molar-refractivity contribution in [2.24, 2.45) is 7.05 Å². The van der Waals surface area contributed by atoms with Gasteiger partial charge in [-0.05, 0) is 37.6 Å². The minimum absolute atomic E-state index is 0.143. The molecule has 1 saturated heterocycles. The van der Waals surface area contributed by atoms with Gasteiger partial charge in [0.25, 0.3) is 5.69 Å². The van der Waals surface area contributed by atoms with Gasteiger partial charge in [-0.15, -0.1) is 0 Å². The summed E-state index contributed by atoms with van der Waals surface area (Å²) in [7, 11) is 2.07. The lowest BCUT2D eigenvalue weighted by molar-refractivity contribution is -0.384. The van der Waals surface area contributed by atoms with Crippen LogP contribution < -0.4 is 0 Å². The maximum Gasteiger partial charge on any atom is 0.490 e. The van der Waals surface area contributed by atoms with Crippen LogP contribution in [-0.4, -0.2) is 44.7 Å². The van der Waals surface area contributed by atoms with Crippen molar-refractivity contribution in [3.8, 4) is 11.1 Å². The second-order valence-corrected chi connectivity index (χ2v) is 7.85. The summed E-state index contributed by atoms with van der Waals surface area (Å²) in [4.78, 5) is 22.4. The van der Waals surface area contributed by atoms with E-state index in [1.165, 1.54) is 25.0 Å². The highest BCUT2D eigenvalue weighted by Gasteiger charge is 2.38. The molecule has 0 bridgehead atoms. The molecule has 2 aromatic carbocycles. The topological polar surface area (TPSA) is 88.6 Å². The van der Waals surface area contributed by atoms with E-state index in [9.17, 15) is 23.3 Å². The molecule has 1 fully saturated rings. The van der Waals surface area contributed by atoms with Crippen LogP contribution in [0.5, 0.6) is 0 Å². The molecular weight excluding hydrogens is 439 g/mol. The number of aliphatic carboxylic acids is 1. The Labute approximate surface area is 188 Å². The van der Waals surface area contributed by atoms with Gasteiger partial charge in [-0.3, -0.25) is 15.0 Å². The molecule has 0 radical (unpaired) electrons. The average molecular weight is 463 g/mol. The summed E-state index contributed by atoms with van der Waals surface area (Å²) in [5, 5.41) is 19.4. The van der Waals surface area contributed by atoms with Gasteiger partial charge in [-0.2, -0.15) is 13.2 Å². The summed E-state index contributed by atoms with van der Waals surface area (Å²) >= 11 is 0. The Balaban J connectivity index is 0.000000383. The van der Waals surface area contributed by atoms with Gasteiger partial charge in [-0.25, -0.2) is 4.79 Å². The number of hydrogen-bond donors (Lipinski definition) is 1. The highest BCUT2D eigenvalue weighted by atomic mass is 19.4. The van der Waals surface area contributed by atoms with Crippen molar-refractivity contribution in [3.63, 3.8) is 0 Å². The van der Waals surface area contributed by atoms with Crippen molar-refractivity contribution in [2.45, 2.75) is 32.0 Å². The molecule has 0 saturated carbocycles. The maximum absolute atomic E-state index is 11.3. The summed E-state index contributed by atoms with van der Waals surface area (Å²) in [5.41, 5.74) is 4.66. The highest BCUT2D eigenvalue weighted by Crippen LogP contribution is 2.37. The molecule has 1 aromatic heterocycles. The molecule has 1 N–H and O–H groups in total. The molecule has 176 valence electrons. The first-order valence-corrected chi connectivity index (χ1v) is 10.4. The summed E-state index contributed by atoms with van der Waals surface area (Å²) in [6.45, 7) is 3.12. The Morgan fingerprint density at radius 1 is 1.09 bits per heavy atom. The van der Waals surface area contributed by atoms with E-state index in [4.69, 9.17) is 9.90 Å². The van der Waals surface area contributed by atoms with E-state index in [1.807, 2.05) is 24.3 Å². The Morgan fingerprint density at radius 3 is 2.24 bits per heavy atom. The van der Waals surface area contributed by atoms with E-state index in [1.54, 1.807) is 12.1 Å². The number of fused-ring (bicyclic) bond motifs is 1. The number of non-ortho nitro benzene ring substituents is 1. The van der Waals surface area contributed by atoms with Crippen LogP contribution in [0.25, 0.3) is 22.0 Å². The number of alkyl halides is 3. The number of nitro benzene ring substituents is 1. The third-order valence-corrected chi connectivity index (χ3v) is 5.64. The number of carboxylic acid groups (broad SMARTS) is 1. The molecule has 33 heavy (non-hydrogen) atoms. The van der Waals surface area contributed by atoms with Gasteiger partial charge in [0.05, 0.1) is 4.92 Å². The second-order valence-electron chi connectivity index (χ2n) is 7.85. The fourth-order valence-electron chi connectivity index (χ4n) is 4.04. The van der Waals surface area contributed by atoms with E-state index in [-0.39, 0.29) is 10.6 Å². The van der Waals surface area contributed by atoms with E-state index >= 15 is 0 Å². The fraction of sp³-hybridized carbons (Fsp3) is 0.348. The second kappa shape index (κ2) is 10.0. The van der Waals surface area contributed by atoms with Crippen LogP contribution in [0.2, 0.25) is 0 Å². The molecule has 0 amide bonds. The molecule has 0 aliphatic carbocycles. The predicted molar refractivity (Wildman–Crippen MR) is 118 cm³/mol. The standard InChI is InChI=1S/C21H23N3O2.C2HF3O2/c1-22-19-11-10-17(24(25)26)14-18(19)21(16-8-4-2-5-9-16)20(22)15-23-12-6-3-7-13-23;3-2(4,5)1(6)7/h2,4-5,8-11,14H,3,6-7,12-13,15H2,1H3;(H,6,7). The molecule has 2 heterocycles. The lowest BCUT2D eigenvalue weighted by atomic mass is 10.0. The Morgan fingerprint density at radius 2 is 1.70 bits per heavy atom. The number of aryl methyl sites for hydroxylation is 1. The van der Waals surface area contributed by atoms with Crippen LogP contribution in [-0.2, 0) is 18.4 Å². The largest absolute Gasteiger partial charge is 0.490 e. The zero-order valence-corrected chi connectivity index (χ0v) is 18.0. The van der Waals surface area contributed by atoms with Crippen molar-refractivity contribution in [1.29, 1.82) is 0 Å². The van der Waals surface area contributed by atoms with Crippen molar-refractivity contribution in [1.82, 2.24) is 9.47 Å². The molecule has 10 heteroatoms. The minimum Gasteiger partial charge on any atom is -0.475 e. The number of likely N-dealkylation sites (tertiary alicyclic amines) is 1. The van der Waals surface area contributed by atoms with Gasteiger partial charge in [0, 0.05) is 47.9 Å². The fourth-order valence-corrected chi connectivity index (χ4v) is 4.04. The zero-order chi connectivity index (χ0) is 24.2. The van der Waals surface area contributed by atoms with Crippen LogP contribution in [0, 0.1) is 10.1 Å². The normalized spacial score (nSPS) is 14.5. The predicted octanol–water partition coefficient (Wildman–Crippen LogP) is 5.37. The molecular formula is C23H24F3N3O4. The number of carbonyl (C=O) groups is 1. The number of benzene rings is 2. The van der Waals surface area contributed by atoms with Crippen LogP contribution in [0.4, 0.5) is 18.9 Å². The summed E-state index contributed by atoms with van der Waals surface area (Å²) in [6, 6.07) is 15.4. The number of aromatic nitrogens is 1. The van der Waals surface area contributed by atoms with Crippen LogP contribution in [0.15, 0.2) is 48.5 Å². The third-order valence-electron chi connectivity index (χ3n) is 5.64. The molecule has 0 atom stereocenters. The number of piperidine rings is 1. The van der Waals surface area contributed by atoms with Crippen molar-refractivity contribution >= 4 is 22.6 Å². The monoisotopic (exact) mass is 463 g/mol. The van der Waals surface area contributed by atoms with Crippen molar-refractivity contribution in [2.75, 3.05) is 13.1 Å².